The number of aliphatic imine (C=N–C) groups is 1. The molecule has 1 unspecified atom stereocenters. The first-order valence-corrected chi connectivity index (χ1v) is 6.92. The summed E-state index contributed by atoms with van der Waals surface area (Å²) in [5.74, 6) is 0.465. The lowest BCUT2D eigenvalue weighted by Crippen LogP contribution is -2.24. The normalized spacial score (nSPS) is 17.9. The van der Waals surface area contributed by atoms with Crippen LogP contribution in [0.25, 0.3) is 6.08 Å². The number of hydrogen-bond donors (Lipinski definition) is 2. The van der Waals surface area contributed by atoms with Crippen LogP contribution in [-0.4, -0.2) is 11.9 Å². The van der Waals surface area contributed by atoms with Gasteiger partial charge in [0, 0.05) is 5.57 Å². The molecule has 1 amide bonds. The van der Waals surface area contributed by atoms with E-state index in [4.69, 9.17) is 11.5 Å². The standard InChI is InChI=1S/C16H21N3O/c1-10(2)13-8-7-12(15(20)19-16(17)18)9-11-5-3-4-6-14(11)13/h3-6,9-10,13H,7-8H2,1-2H3,(H4,17,18,19,20). The van der Waals surface area contributed by atoms with Crippen LogP contribution >= 0.6 is 0 Å². The molecule has 1 aliphatic rings. The molecule has 0 radical (unpaired) electrons. The van der Waals surface area contributed by atoms with E-state index in [1.165, 1.54) is 5.56 Å². The van der Waals surface area contributed by atoms with E-state index in [9.17, 15) is 4.79 Å². The zero-order valence-corrected chi connectivity index (χ0v) is 12.0. The number of nitrogens with zero attached hydrogens (tertiary/aromatic N) is 1. The van der Waals surface area contributed by atoms with E-state index in [0.717, 1.165) is 12.0 Å². The molecule has 0 aliphatic heterocycles. The fourth-order valence-corrected chi connectivity index (χ4v) is 2.76. The predicted octanol–water partition coefficient (Wildman–Crippen LogP) is 2.40. The van der Waals surface area contributed by atoms with E-state index in [2.05, 4.69) is 24.9 Å². The van der Waals surface area contributed by atoms with Crippen molar-refractivity contribution in [2.75, 3.05) is 0 Å². The van der Waals surface area contributed by atoms with Crippen LogP contribution in [0.4, 0.5) is 0 Å². The van der Waals surface area contributed by atoms with Gasteiger partial charge >= 0.3 is 0 Å². The van der Waals surface area contributed by atoms with Crippen molar-refractivity contribution in [2.45, 2.75) is 32.6 Å². The van der Waals surface area contributed by atoms with Crippen LogP contribution in [0.1, 0.15) is 43.7 Å². The number of fused-ring (bicyclic) bond motifs is 1. The summed E-state index contributed by atoms with van der Waals surface area (Å²) in [5.41, 5.74) is 13.6. The zero-order valence-electron chi connectivity index (χ0n) is 12.0. The molecule has 4 heteroatoms. The topological polar surface area (TPSA) is 81.5 Å². The van der Waals surface area contributed by atoms with Gasteiger partial charge < -0.3 is 11.5 Å². The molecule has 0 spiro atoms. The van der Waals surface area contributed by atoms with Gasteiger partial charge in [-0.1, -0.05) is 38.1 Å². The third-order valence-electron chi connectivity index (χ3n) is 3.76. The van der Waals surface area contributed by atoms with E-state index in [1.807, 2.05) is 24.3 Å². The highest BCUT2D eigenvalue weighted by atomic mass is 16.1. The van der Waals surface area contributed by atoms with E-state index >= 15 is 0 Å². The van der Waals surface area contributed by atoms with Crippen LogP contribution in [0.2, 0.25) is 0 Å². The van der Waals surface area contributed by atoms with Crippen molar-refractivity contribution in [2.24, 2.45) is 22.4 Å². The second-order valence-electron chi connectivity index (χ2n) is 5.53. The molecule has 20 heavy (non-hydrogen) atoms. The maximum atomic E-state index is 12.0. The lowest BCUT2D eigenvalue weighted by Gasteiger charge is -2.21. The summed E-state index contributed by atoms with van der Waals surface area (Å²) in [6.45, 7) is 4.43. The van der Waals surface area contributed by atoms with Gasteiger partial charge in [0.05, 0.1) is 0 Å². The molecule has 4 nitrogen and oxygen atoms in total. The number of amides is 1. The summed E-state index contributed by atoms with van der Waals surface area (Å²) in [5, 5.41) is 0. The maximum absolute atomic E-state index is 12.0. The molecule has 0 aromatic heterocycles. The predicted molar refractivity (Wildman–Crippen MR) is 82.0 cm³/mol. The summed E-state index contributed by atoms with van der Waals surface area (Å²) in [4.78, 5) is 15.7. The van der Waals surface area contributed by atoms with Gasteiger partial charge in [-0.15, -0.1) is 0 Å². The third-order valence-corrected chi connectivity index (χ3v) is 3.76. The van der Waals surface area contributed by atoms with Crippen LogP contribution in [0.3, 0.4) is 0 Å². The molecule has 1 aromatic rings. The molecular weight excluding hydrogens is 250 g/mol. The molecule has 106 valence electrons. The Morgan fingerprint density at radius 2 is 2.00 bits per heavy atom. The quantitative estimate of drug-likeness (QED) is 0.640. The summed E-state index contributed by atoms with van der Waals surface area (Å²) in [7, 11) is 0. The summed E-state index contributed by atoms with van der Waals surface area (Å²) in [6, 6.07) is 8.22. The lowest BCUT2D eigenvalue weighted by molar-refractivity contribution is -0.114. The largest absolute Gasteiger partial charge is 0.370 e. The Morgan fingerprint density at radius 1 is 1.30 bits per heavy atom. The molecule has 0 heterocycles. The van der Waals surface area contributed by atoms with Gasteiger partial charge in [0.25, 0.3) is 5.91 Å². The molecule has 2 rings (SSSR count). The first-order valence-electron chi connectivity index (χ1n) is 6.92. The van der Waals surface area contributed by atoms with Crippen molar-refractivity contribution in [3.05, 3.63) is 41.0 Å². The molecule has 0 saturated heterocycles. The van der Waals surface area contributed by atoms with Crippen molar-refractivity contribution < 1.29 is 4.79 Å². The first kappa shape index (κ1) is 14.3. The molecule has 1 aromatic carbocycles. The third kappa shape index (κ3) is 3.07. The highest BCUT2D eigenvalue weighted by molar-refractivity contribution is 6.04. The van der Waals surface area contributed by atoms with Crippen molar-refractivity contribution in [1.82, 2.24) is 0 Å². The van der Waals surface area contributed by atoms with E-state index < -0.39 is 0 Å². The van der Waals surface area contributed by atoms with Gasteiger partial charge in [0.1, 0.15) is 0 Å². The lowest BCUT2D eigenvalue weighted by atomic mass is 9.84. The number of nitrogens with two attached hydrogens (primary N) is 2. The minimum absolute atomic E-state index is 0.186. The van der Waals surface area contributed by atoms with E-state index in [1.54, 1.807) is 0 Å². The summed E-state index contributed by atoms with van der Waals surface area (Å²) < 4.78 is 0. The maximum Gasteiger partial charge on any atom is 0.276 e. The second kappa shape index (κ2) is 5.90. The summed E-state index contributed by atoms with van der Waals surface area (Å²) >= 11 is 0. The molecule has 4 N–H and O–H groups in total. The van der Waals surface area contributed by atoms with Crippen LogP contribution in [0.5, 0.6) is 0 Å². The van der Waals surface area contributed by atoms with Crippen LogP contribution in [-0.2, 0) is 4.79 Å². The molecule has 0 fully saturated rings. The first-order chi connectivity index (χ1) is 9.49. The minimum atomic E-state index is -0.329. The number of carbonyl (C=O) groups excluding carboxylic acids is 1. The van der Waals surface area contributed by atoms with Crippen molar-refractivity contribution >= 4 is 17.9 Å². The van der Waals surface area contributed by atoms with Gasteiger partial charge in [-0.3, -0.25) is 4.79 Å². The van der Waals surface area contributed by atoms with Crippen molar-refractivity contribution in [3.8, 4) is 0 Å². The average molecular weight is 271 g/mol. The van der Waals surface area contributed by atoms with Gasteiger partial charge in [-0.05, 0) is 41.9 Å². The molecule has 0 saturated carbocycles. The Labute approximate surface area is 119 Å². The average Bonchev–Trinajstić information content (AvgIpc) is 2.57. The molecular formula is C16H21N3O. The van der Waals surface area contributed by atoms with Crippen LogP contribution in [0.15, 0.2) is 34.8 Å². The molecule has 1 aliphatic carbocycles. The number of carbonyl (C=O) groups is 1. The highest BCUT2D eigenvalue weighted by Crippen LogP contribution is 2.36. The van der Waals surface area contributed by atoms with Gasteiger partial charge in [-0.2, -0.15) is 4.99 Å². The summed E-state index contributed by atoms with van der Waals surface area (Å²) in [6.07, 6.45) is 3.56. The van der Waals surface area contributed by atoms with E-state index in [0.29, 0.717) is 23.8 Å². The molecule has 0 bridgehead atoms. The van der Waals surface area contributed by atoms with Gasteiger partial charge in [-0.25, -0.2) is 0 Å². The Hall–Kier alpha value is -2.10. The highest BCUT2D eigenvalue weighted by Gasteiger charge is 2.23. The van der Waals surface area contributed by atoms with Crippen LogP contribution < -0.4 is 11.5 Å². The van der Waals surface area contributed by atoms with Crippen molar-refractivity contribution in [1.29, 1.82) is 0 Å². The van der Waals surface area contributed by atoms with Gasteiger partial charge in [0.15, 0.2) is 5.96 Å². The second-order valence-corrected chi connectivity index (χ2v) is 5.53. The zero-order chi connectivity index (χ0) is 14.7. The SMILES string of the molecule is CC(C)C1CCC(C(=O)N=C(N)N)=Cc2ccccc21. The number of guanidine groups is 1. The molecule has 1 atom stereocenters. The Kier molecular flexibility index (Phi) is 4.23. The Morgan fingerprint density at radius 3 is 2.65 bits per heavy atom. The van der Waals surface area contributed by atoms with Crippen LogP contribution in [0, 0.1) is 5.92 Å². The Bertz CT molecular complexity index is 569. The number of benzene rings is 1. The minimum Gasteiger partial charge on any atom is -0.370 e. The van der Waals surface area contributed by atoms with Crippen molar-refractivity contribution in [3.63, 3.8) is 0 Å². The smallest absolute Gasteiger partial charge is 0.276 e. The Balaban J connectivity index is 2.41. The fourth-order valence-electron chi connectivity index (χ4n) is 2.76. The van der Waals surface area contributed by atoms with E-state index in [-0.39, 0.29) is 11.9 Å². The fraction of sp³-hybridized carbons (Fsp3) is 0.375. The number of hydrogen-bond acceptors (Lipinski definition) is 1. The monoisotopic (exact) mass is 271 g/mol. The number of rotatable bonds is 2. The van der Waals surface area contributed by atoms with Gasteiger partial charge in [0.2, 0.25) is 0 Å².